The van der Waals surface area contributed by atoms with Crippen molar-refractivity contribution >= 4 is 35.2 Å². The molecule has 1 fully saturated rings. The summed E-state index contributed by atoms with van der Waals surface area (Å²) in [5, 5.41) is 9.16. The summed E-state index contributed by atoms with van der Waals surface area (Å²) in [6, 6.07) is 15.9. The summed E-state index contributed by atoms with van der Waals surface area (Å²) < 4.78 is 4.98. The van der Waals surface area contributed by atoms with Gasteiger partial charge in [0.05, 0.1) is 23.1 Å². The van der Waals surface area contributed by atoms with Crippen LogP contribution in [0, 0.1) is 18.3 Å². The number of ether oxygens (including phenoxy) is 1. The van der Waals surface area contributed by atoms with Gasteiger partial charge >= 0.3 is 5.97 Å². The standard InChI is InChI=1S/C23H21N3O4S/c1-3-30-23(29)16-10-8-15(9-11-16)12-19-21(28)26(18-7-5-4-6-14(18)2)22(31-19)17(13-24)20(25)27/h4-11,19H,3,12H2,1-2H3,(H2,25,27)/b22-17+/t19-/m0/s1. The zero-order chi connectivity index (χ0) is 22.5. The summed E-state index contributed by atoms with van der Waals surface area (Å²) in [6.07, 6.45) is 0.357. The molecule has 0 aliphatic carbocycles. The monoisotopic (exact) mass is 435 g/mol. The van der Waals surface area contributed by atoms with Crippen molar-refractivity contribution in [3.05, 3.63) is 75.8 Å². The zero-order valence-electron chi connectivity index (χ0n) is 17.1. The van der Waals surface area contributed by atoms with Crippen molar-refractivity contribution in [1.82, 2.24) is 0 Å². The molecule has 3 rings (SSSR count). The second-order valence-electron chi connectivity index (χ2n) is 6.84. The summed E-state index contributed by atoms with van der Waals surface area (Å²) in [5.74, 6) is -1.52. The molecule has 0 aromatic heterocycles. The van der Waals surface area contributed by atoms with Crippen LogP contribution in [0.5, 0.6) is 0 Å². The molecular weight excluding hydrogens is 414 g/mol. The Hall–Kier alpha value is -3.57. The number of nitrogens with zero attached hydrogens (tertiary/aromatic N) is 2. The minimum atomic E-state index is -0.879. The molecule has 2 amide bonds. The number of primary amides is 1. The van der Waals surface area contributed by atoms with Crippen LogP contribution in [0.1, 0.15) is 28.4 Å². The number of carbonyl (C=O) groups is 3. The van der Waals surface area contributed by atoms with Crippen LogP contribution in [0.25, 0.3) is 0 Å². The number of para-hydroxylation sites is 1. The van der Waals surface area contributed by atoms with Crippen LogP contribution in [0.4, 0.5) is 5.69 Å². The summed E-state index contributed by atoms with van der Waals surface area (Å²) in [5.41, 5.74) is 7.85. The number of aryl methyl sites for hydroxylation is 1. The van der Waals surface area contributed by atoms with Crippen LogP contribution in [0.2, 0.25) is 0 Å². The van der Waals surface area contributed by atoms with E-state index in [0.29, 0.717) is 24.3 Å². The third-order valence-corrected chi connectivity index (χ3v) is 6.03. The van der Waals surface area contributed by atoms with Crippen LogP contribution >= 0.6 is 11.8 Å². The second kappa shape index (κ2) is 9.49. The first-order valence-corrected chi connectivity index (χ1v) is 10.5. The fraction of sp³-hybridized carbons (Fsp3) is 0.217. The molecule has 31 heavy (non-hydrogen) atoms. The van der Waals surface area contributed by atoms with Crippen LogP contribution < -0.4 is 10.6 Å². The van der Waals surface area contributed by atoms with Gasteiger partial charge in [-0.1, -0.05) is 42.1 Å². The number of thioether (sulfide) groups is 1. The zero-order valence-corrected chi connectivity index (χ0v) is 17.9. The van der Waals surface area contributed by atoms with Crippen molar-refractivity contribution in [2.45, 2.75) is 25.5 Å². The van der Waals surface area contributed by atoms with Gasteiger partial charge in [0, 0.05) is 0 Å². The van der Waals surface area contributed by atoms with Crippen LogP contribution in [0.15, 0.2) is 59.1 Å². The van der Waals surface area contributed by atoms with E-state index in [9.17, 15) is 19.6 Å². The van der Waals surface area contributed by atoms with Gasteiger partial charge < -0.3 is 10.5 Å². The molecule has 158 valence electrons. The SMILES string of the molecule is CCOC(=O)c1ccc(C[C@@H]2S/C(=C(\C#N)C(N)=O)N(c3ccccc3C)C2=O)cc1. The van der Waals surface area contributed by atoms with Crippen LogP contribution in [-0.4, -0.2) is 29.6 Å². The minimum Gasteiger partial charge on any atom is -0.462 e. The third-order valence-electron chi connectivity index (χ3n) is 4.77. The van der Waals surface area contributed by atoms with Gasteiger partial charge in [-0.25, -0.2) is 4.79 Å². The van der Waals surface area contributed by atoms with Crippen molar-refractivity contribution in [1.29, 1.82) is 5.26 Å². The van der Waals surface area contributed by atoms with Gasteiger partial charge in [-0.3, -0.25) is 14.5 Å². The van der Waals surface area contributed by atoms with E-state index >= 15 is 0 Å². The maximum absolute atomic E-state index is 13.3. The normalized spacial score (nSPS) is 17.3. The lowest BCUT2D eigenvalue weighted by Gasteiger charge is -2.20. The van der Waals surface area contributed by atoms with E-state index in [0.717, 1.165) is 22.9 Å². The number of benzene rings is 2. The van der Waals surface area contributed by atoms with Gasteiger partial charge in [0.15, 0.2) is 0 Å². The molecule has 2 aromatic rings. The molecule has 0 saturated carbocycles. The maximum atomic E-state index is 13.3. The van der Waals surface area contributed by atoms with E-state index in [2.05, 4.69) is 0 Å². The number of carbonyl (C=O) groups excluding carboxylic acids is 3. The number of nitrogens with two attached hydrogens (primary N) is 1. The van der Waals surface area contributed by atoms with Crippen molar-refractivity contribution in [3.63, 3.8) is 0 Å². The van der Waals surface area contributed by atoms with Gasteiger partial charge in [0.1, 0.15) is 16.7 Å². The van der Waals surface area contributed by atoms with E-state index in [4.69, 9.17) is 10.5 Å². The first-order chi connectivity index (χ1) is 14.9. The number of nitriles is 1. The van der Waals surface area contributed by atoms with E-state index in [1.54, 1.807) is 43.3 Å². The molecule has 0 spiro atoms. The van der Waals surface area contributed by atoms with Crippen molar-refractivity contribution in [2.24, 2.45) is 5.73 Å². The highest BCUT2D eigenvalue weighted by Gasteiger charge is 2.40. The second-order valence-corrected chi connectivity index (χ2v) is 8.04. The van der Waals surface area contributed by atoms with E-state index < -0.39 is 17.1 Å². The Balaban J connectivity index is 1.94. The van der Waals surface area contributed by atoms with Crippen molar-refractivity contribution < 1.29 is 19.1 Å². The van der Waals surface area contributed by atoms with E-state index in [1.165, 1.54) is 4.90 Å². The largest absolute Gasteiger partial charge is 0.462 e. The quantitative estimate of drug-likeness (QED) is 0.424. The number of anilines is 1. The number of hydrogen-bond acceptors (Lipinski definition) is 6. The predicted octanol–water partition coefficient (Wildman–Crippen LogP) is 3.08. The number of rotatable bonds is 6. The Morgan fingerprint density at radius 3 is 2.45 bits per heavy atom. The molecule has 0 bridgehead atoms. The molecule has 7 nitrogen and oxygen atoms in total. The third kappa shape index (κ3) is 4.62. The molecule has 2 N–H and O–H groups in total. The van der Waals surface area contributed by atoms with Crippen molar-refractivity contribution in [2.75, 3.05) is 11.5 Å². The highest BCUT2D eigenvalue weighted by molar-refractivity contribution is 8.05. The topological polar surface area (TPSA) is 113 Å². The molecular formula is C23H21N3O4S. The lowest BCUT2D eigenvalue weighted by molar-refractivity contribution is -0.117. The predicted molar refractivity (Wildman–Crippen MR) is 118 cm³/mol. The molecule has 0 unspecified atom stereocenters. The first-order valence-electron chi connectivity index (χ1n) is 9.63. The summed E-state index contributed by atoms with van der Waals surface area (Å²) >= 11 is 1.15. The molecule has 0 radical (unpaired) electrons. The molecule has 1 heterocycles. The highest BCUT2D eigenvalue weighted by atomic mass is 32.2. The lowest BCUT2D eigenvalue weighted by atomic mass is 10.1. The molecule has 8 heteroatoms. The van der Waals surface area contributed by atoms with Crippen molar-refractivity contribution in [3.8, 4) is 6.07 Å². The summed E-state index contributed by atoms with van der Waals surface area (Å²) in [7, 11) is 0. The fourth-order valence-corrected chi connectivity index (χ4v) is 4.55. The van der Waals surface area contributed by atoms with E-state index in [1.807, 2.05) is 25.1 Å². The number of hydrogen-bond donors (Lipinski definition) is 1. The summed E-state index contributed by atoms with van der Waals surface area (Å²) in [4.78, 5) is 38.4. The number of amides is 2. The Kier molecular flexibility index (Phi) is 6.78. The minimum absolute atomic E-state index is 0.238. The maximum Gasteiger partial charge on any atom is 0.338 e. The molecule has 1 saturated heterocycles. The van der Waals surface area contributed by atoms with Gasteiger partial charge in [-0.05, 0) is 49.6 Å². The lowest BCUT2D eigenvalue weighted by Crippen LogP contribution is -2.31. The molecule has 1 atom stereocenters. The average Bonchev–Trinajstić information content (AvgIpc) is 3.05. The molecule has 2 aromatic carbocycles. The van der Waals surface area contributed by atoms with Gasteiger partial charge in [-0.2, -0.15) is 5.26 Å². The fourth-order valence-electron chi connectivity index (χ4n) is 3.24. The first kappa shape index (κ1) is 22.1. The van der Waals surface area contributed by atoms with Gasteiger partial charge in [-0.15, -0.1) is 0 Å². The molecule has 1 aliphatic heterocycles. The van der Waals surface area contributed by atoms with Gasteiger partial charge in [0.25, 0.3) is 5.91 Å². The number of esters is 1. The Morgan fingerprint density at radius 1 is 1.19 bits per heavy atom. The Labute approximate surface area is 184 Å². The highest BCUT2D eigenvalue weighted by Crippen LogP contribution is 2.42. The van der Waals surface area contributed by atoms with E-state index in [-0.39, 0.29) is 16.5 Å². The molecule has 1 aliphatic rings. The summed E-state index contributed by atoms with van der Waals surface area (Å²) in [6.45, 7) is 3.88. The van der Waals surface area contributed by atoms with Crippen LogP contribution in [0.3, 0.4) is 0 Å². The van der Waals surface area contributed by atoms with Gasteiger partial charge in [0.2, 0.25) is 5.91 Å². The average molecular weight is 436 g/mol. The Morgan fingerprint density at radius 2 is 1.87 bits per heavy atom. The Bertz CT molecular complexity index is 1100. The van der Waals surface area contributed by atoms with Crippen LogP contribution in [-0.2, 0) is 20.7 Å². The smallest absolute Gasteiger partial charge is 0.338 e.